The summed E-state index contributed by atoms with van der Waals surface area (Å²) in [6.45, 7) is 6.65. The summed E-state index contributed by atoms with van der Waals surface area (Å²) in [5.41, 5.74) is 2.68. The van der Waals surface area contributed by atoms with Crippen molar-refractivity contribution >= 4 is 23.4 Å². The van der Waals surface area contributed by atoms with Gasteiger partial charge in [0.1, 0.15) is 12.4 Å². The van der Waals surface area contributed by atoms with Gasteiger partial charge in [-0.15, -0.1) is 0 Å². The molecule has 0 aliphatic carbocycles. The predicted molar refractivity (Wildman–Crippen MR) is 110 cm³/mol. The summed E-state index contributed by atoms with van der Waals surface area (Å²) in [6, 6.07) is 6.21. The summed E-state index contributed by atoms with van der Waals surface area (Å²) >= 11 is 6.55. The third-order valence-electron chi connectivity index (χ3n) is 5.31. The van der Waals surface area contributed by atoms with Crippen molar-refractivity contribution < 1.29 is 18.7 Å². The Morgan fingerprint density at radius 1 is 1.38 bits per heavy atom. The first-order valence-corrected chi connectivity index (χ1v) is 9.92. The standard InChI is InChI=1S/C22H24ClFN2O3/c1-5-26-12(2)11-29-20-17(22(26)28)10-15(13(3)19(20)23)8-14-6-7-16(18(24)9-14)21(27)25-4/h6-7,9-10,12H,5,8,11H2,1-4H3,(H,25,27)/t12-/m0/s1. The van der Waals surface area contributed by atoms with E-state index in [-0.39, 0.29) is 17.5 Å². The molecule has 2 aromatic carbocycles. The normalized spacial score (nSPS) is 16.1. The van der Waals surface area contributed by atoms with Crippen LogP contribution in [-0.2, 0) is 6.42 Å². The van der Waals surface area contributed by atoms with Crippen molar-refractivity contribution in [2.75, 3.05) is 20.2 Å². The fraction of sp³-hybridized carbons (Fsp3) is 0.364. The number of nitrogens with one attached hydrogen (secondary N) is 1. The fourth-order valence-electron chi connectivity index (χ4n) is 3.57. The summed E-state index contributed by atoms with van der Waals surface area (Å²) in [6.07, 6.45) is 0.374. The minimum Gasteiger partial charge on any atom is -0.489 e. The van der Waals surface area contributed by atoms with E-state index in [4.69, 9.17) is 16.3 Å². The number of amides is 2. The predicted octanol–water partition coefficient (Wildman–Crippen LogP) is 3.98. The number of benzene rings is 2. The third kappa shape index (κ3) is 3.94. The maximum atomic E-state index is 14.3. The van der Waals surface area contributed by atoms with E-state index in [0.717, 1.165) is 11.1 Å². The smallest absolute Gasteiger partial charge is 0.258 e. The molecule has 0 spiro atoms. The number of ether oxygens (including phenoxy) is 1. The van der Waals surface area contributed by atoms with Crippen LogP contribution in [0.5, 0.6) is 5.75 Å². The van der Waals surface area contributed by atoms with Gasteiger partial charge in [-0.2, -0.15) is 0 Å². The van der Waals surface area contributed by atoms with Crippen molar-refractivity contribution in [2.24, 2.45) is 0 Å². The van der Waals surface area contributed by atoms with Gasteiger partial charge < -0.3 is 15.0 Å². The van der Waals surface area contributed by atoms with E-state index in [2.05, 4.69) is 5.32 Å². The molecule has 3 rings (SSSR count). The van der Waals surface area contributed by atoms with Crippen LogP contribution in [0.2, 0.25) is 5.02 Å². The second-order valence-electron chi connectivity index (χ2n) is 7.17. The van der Waals surface area contributed by atoms with Crippen LogP contribution >= 0.6 is 11.6 Å². The van der Waals surface area contributed by atoms with Gasteiger partial charge in [-0.1, -0.05) is 17.7 Å². The zero-order valence-electron chi connectivity index (χ0n) is 16.9. The average Bonchev–Trinajstić information content (AvgIpc) is 2.81. The zero-order valence-corrected chi connectivity index (χ0v) is 17.7. The number of hydrogen-bond donors (Lipinski definition) is 1. The van der Waals surface area contributed by atoms with Gasteiger partial charge in [-0.25, -0.2) is 4.39 Å². The Balaban J connectivity index is 2.01. The van der Waals surface area contributed by atoms with Crippen LogP contribution in [0.1, 0.15) is 51.3 Å². The number of likely N-dealkylation sites (N-methyl/N-ethyl adjacent to an activating group) is 1. The average molecular weight is 419 g/mol. The fourth-order valence-corrected chi connectivity index (χ4v) is 3.85. The molecule has 1 N–H and O–H groups in total. The molecule has 0 saturated carbocycles. The van der Waals surface area contributed by atoms with Crippen molar-refractivity contribution in [1.82, 2.24) is 10.2 Å². The quantitative estimate of drug-likeness (QED) is 0.817. The first-order valence-electron chi connectivity index (χ1n) is 9.54. The van der Waals surface area contributed by atoms with Crippen LogP contribution < -0.4 is 10.1 Å². The lowest BCUT2D eigenvalue weighted by molar-refractivity contribution is 0.0688. The van der Waals surface area contributed by atoms with Crippen LogP contribution in [-0.4, -0.2) is 43.0 Å². The number of fused-ring (bicyclic) bond motifs is 1. The highest BCUT2D eigenvalue weighted by atomic mass is 35.5. The molecule has 1 aliphatic rings. The first-order chi connectivity index (χ1) is 13.8. The lowest BCUT2D eigenvalue weighted by atomic mass is 9.96. The maximum absolute atomic E-state index is 14.3. The molecular weight excluding hydrogens is 395 g/mol. The molecule has 0 aromatic heterocycles. The lowest BCUT2D eigenvalue weighted by Crippen LogP contribution is -2.39. The Morgan fingerprint density at radius 2 is 2.10 bits per heavy atom. The highest BCUT2D eigenvalue weighted by Crippen LogP contribution is 2.38. The molecule has 1 aliphatic heterocycles. The summed E-state index contributed by atoms with van der Waals surface area (Å²) in [4.78, 5) is 26.5. The molecule has 0 radical (unpaired) electrons. The van der Waals surface area contributed by atoms with Crippen LogP contribution in [0.4, 0.5) is 4.39 Å². The minimum atomic E-state index is -0.592. The Kier molecular flexibility index (Phi) is 6.13. The summed E-state index contributed by atoms with van der Waals surface area (Å²) in [5, 5.41) is 2.81. The first kappa shape index (κ1) is 21.1. The number of carbonyl (C=O) groups excluding carboxylic acids is 2. The molecule has 2 amide bonds. The molecule has 7 heteroatoms. The molecule has 2 aromatic rings. The number of halogens is 2. The van der Waals surface area contributed by atoms with Crippen molar-refractivity contribution in [3.63, 3.8) is 0 Å². The Hall–Kier alpha value is -2.60. The van der Waals surface area contributed by atoms with E-state index in [1.54, 1.807) is 17.0 Å². The van der Waals surface area contributed by atoms with Gasteiger partial charge in [0.25, 0.3) is 11.8 Å². The molecule has 1 heterocycles. The molecule has 0 bridgehead atoms. The van der Waals surface area contributed by atoms with E-state index in [1.807, 2.05) is 20.8 Å². The molecule has 0 saturated heterocycles. The van der Waals surface area contributed by atoms with Crippen molar-refractivity contribution in [3.05, 3.63) is 62.9 Å². The van der Waals surface area contributed by atoms with E-state index in [0.29, 0.717) is 41.5 Å². The zero-order chi connectivity index (χ0) is 21.3. The molecule has 1 atom stereocenters. The largest absolute Gasteiger partial charge is 0.489 e. The van der Waals surface area contributed by atoms with Crippen molar-refractivity contribution in [2.45, 2.75) is 33.2 Å². The molecule has 0 fully saturated rings. The molecule has 0 unspecified atom stereocenters. The maximum Gasteiger partial charge on any atom is 0.258 e. The van der Waals surface area contributed by atoms with Crippen LogP contribution in [0, 0.1) is 12.7 Å². The second kappa shape index (κ2) is 8.41. The van der Waals surface area contributed by atoms with E-state index in [9.17, 15) is 14.0 Å². The third-order valence-corrected chi connectivity index (χ3v) is 5.76. The summed E-state index contributed by atoms with van der Waals surface area (Å²) in [5.74, 6) is -0.792. The topological polar surface area (TPSA) is 58.6 Å². The molecular formula is C22H24ClFN2O3. The van der Waals surface area contributed by atoms with Gasteiger partial charge in [0.2, 0.25) is 0 Å². The van der Waals surface area contributed by atoms with Crippen LogP contribution in [0.25, 0.3) is 0 Å². The van der Waals surface area contributed by atoms with Crippen molar-refractivity contribution in [1.29, 1.82) is 0 Å². The summed E-state index contributed by atoms with van der Waals surface area (Å²) in [7, 11) is 1.45. The van der Waals surface area contributed by atoms with Crippen molar-refractivity contribution in [3.8, 4) is 5.75 Å². The number of carbonyl (C=O) groups is 2. The van der Waals surface area contributed by atoms with Crippen LogP contribution in [0.3, 0.4) is 0 Å². The number of nitrogens with zero attached hydrogens (tertiary/aromatic N) is 1. The highest BCUT2D eigenvalue weighted by molar-refractivity contribution is 6.33. The van der Waals surface area contributed by atoms with E-state index >= 15 is 0 Å². The molecule has 29 heavy (non-hydrogen) atoms. The molecule has 154 valence electrons. The molecule has 5 nitrogen and oxygen atoms in total. The Bertz CT molecular complexity index is 977. The minimum absolute atomic E-state index is 0.0101. The number of hydrogen-bond acceptors (Lipinski definition) is 3. The van der Waals surface area contributed by atoms with Gasteiger partial charge in [0.05, 0.1) is 22.2 Å². The monoisotopic (exact) mass is 418 g/mol. The second-order valence-corrected chi connectivity index (χ2v) is 7.55. The van der Waals surface area contributed by atoms with Gasteiger partial charge in [-0.3, -0.25) is 9.59 Å². The van der Waals surface area contributed by atoms with Gasteiger partial charge in [0, 0.05) is 13.6 Å². The Labute approximate surface area is 174 Å². The van der Waals surface area contributed by atoms with Gasteiger partial charge in [-0.05, 0) is 62.1 Å². The summed E-state index contributed by atoms with van der Waals surface area (Å²) < 4.78 is 20.2. The lowest BCUT2D eigenvalue weighted by Gasteiger charge is -2.24. The van der Waals surface area contributed by atoms with Gasteiger partial charge in [0.15, 0.2) is 5.75 Å². The highest BCUT2D eigenvalue weighted by Gasteiger charge is 2.30. The van der Waals surface area contributed by atoms with E-state index in [1.165, 1.54) is 19.2 Å². The van der Waals surface area contributed by atoms with Gasteiger partial charge >= 0.3 is 0 Å². The Morgan fingerprint density at radius 3 is 2.72 bits per heavy atom. The van der Waals surface area contributed by atoms with E-state index < -0.39 is 11.7 Å². The SMILES string of the molecule is CCN1C(=O)c2cc(Cc3ccc(C(=O)NC)c(F)c3)c(C)c(Cl)c2OC[C@@H]1C. The van der Waals surface area contributed by atoms with Crippen LogP contribution in [0.15, 0.2) is 24.3 Å². The number of rotatable bonds is 4.